The molecule has 2 rings (SSSR count). The standard InChI is InChI=1S/C18H24N2/c1-4-14-19-15(2)16-10-12-18(13-11-16)20(3)17-8-6-5-7-9-17/h5-13,15,19H,4,14H2,1-3H3. The molecule has 106 valence electrons. The molecule has 1 N–H and O–H groups in total. The van der Waals surface area contributed by atoms with Crippen LogP contribution >= 0.6 is 0 Å². The molecule has 0 fully saturated rings. The Hall–Kier alpha value is -1.80. The van der Waals surface area contributed by atoms with Crippen molar-refractivity contribution in [3.63, 3.8) is 0 Å². The molecule has 2 aromatic rings. The van der Waals surface area contributed by atoms with E-state index in [9.17, 15) is 0 Å². The summed E-state index contributed by atoms with van der Waals surface area (Å²) in [7, 11) is 2.10. The van der Waals surface area contributed by atoms with Crippen LogP contribution < -0.4 is 10.2 Å². The lowest BCUT2D eigenvalue weighted by molar-refractivity contribution is 0.571. The average Bonchev–Trinajstić information content (AvgIpc) is 2.53. The third-order valence-corrected chi connectivity index (χ3v) is 3.62. The van der Waals surface area contributed by atoms with Crippen LogP contribution in [0.5, 0.6) is 0 Å². The van der Waals surface area contributed by atoms with Crippen molar-refractivity contribution in [3.8, 4) is 0 Å². The highest BCUT2D eigenvalue weighted by Crippen LogP contribution is 2.24. The van der Waals surface area contributed by atoms with Crippen LogP contribution in [-0.2, 0) is 0 Å². The first-order chi connectivity index (χ1) is 9.72. The zero-order chi connectivity index (χ0) is 14.4. The Balaban J connectivity index is 2.08. The van der Waals surface area contributed by atoms with Crippen molar-refractivity contribution in [1.29, 1.82) is 0 Å². The maximum Gasteiger partial charge on any atom is 0.0408 e. The van der Waals surface area contributed by atoms with Crippen LogP contribution in [0.15, 0.2) is 54.6 Å². The van der Waals surface area contributed by atoms with Crippen LogP contribution in [0.2, 0.25) is 0 Å². The summed E-state index contributed by atoms with van der Waals surface area (Å²) in [5, 5.41) is 3.52. The van der Waals surface area contributed by atoms with Crippen LogP contribution in [0.4, 0.5) is 11.4 Å². The molecule has 0 amide bonds. The molecular weight excluding hydrogens is 244 g/mol. The van der Waals surface area contributed by atoms with Crippen molar-refractivity contribution in [2.75, 3.05) is 18.5 Å². The summed E-state index contributed by atoms with van der Waals surface area (Å²) in [5.41, 5.74) is 3.75. The van der Waals surface area contributed by atoms with Gasteiger partial charge in [-0.15, -0.1) is 0 Å². The van der Waals surface area contributed by atoms with E-state index >= 15 is 0 Å². The number of hydrogen-bond donors (Lipinski definition) is 1. The third kappa shape index (κ3) is 3.61. The normalized spacial score (nSPS) is 12.2. The molecule has 0 bridgehead atoms. The molecule has 0 saturated carbocycles. The summed E-state index contributed by atoms with van der Waals surface area (Å²) in [6.07, 6.45) is 1.17. The highest BCUT2D eigenvalue weighted by atomic mass is 15.1. The van der Waals surface area contributed by atoms with E-state index < -0.39 is 0 Å². The first-order valence-electron chi connectivity index (χ1n) is 7.34. The van der Waals surface area contributed by atoms with Gasteiger partial charge in [-0.25, -0.2) is 0 Å². The van der Waals surface area contributed by atoms with Gasteiger partial charge in [-0.05, 0) is 49.7 Å². The van der Waals surface area contributed by atoms with Crippen LogP contribution in [0.25, 0.3) is 0 Å². The predicted molar refractivity (Wildman–Crippen MR) is 87.7 cm³/mol. The molecule has 0 aliphatic carbocycles. The third-order valence-electron chi connectivity index (χ3n) is 3.62. The lowest BCUT2D eigenvalue weighted by Gasteiger charge is -2.21. The molecule has 1 atom stereocenters. The second kappa shape index (κ2) is 7.11. The predicted octanol–water partition coefficient (Wildman–Crippen LogP) is 4.52. The summed E-state index contributed by atoms with van der Waals surface area (Å²) in [6.45, 7) is 5.47. The van der Waals surface area contributed by atoms with Gasteiger partial charge < -0.3 is 10.2 Å². The van der Waals surface area contributed by atoms with E-state index in [1.807, 2.05) is 6.07 Å². The van der Waals surface area contributed by atoms with Gasteiger partial charge in [0.2, 0.25) is 0 Å². The Morgan fingerprint density at radius 1 is 0.950 bits per heavy atom. The van der Waals surface area contributed by atoms with Gasteiger partial charge >= 0.3 is 0 Å². The van der Waals surface area contributed by atoms with Gasteiger partial charge in [-0.1, -0.05) is 37.3 Å². The van der Waals surface area contributed by atoms with Crippen molar-refractivity contribution in [1.82, 2.24) is 5.32 Å². The number of benzene rings is 2. The fourth-order valence-electron chi connectivity index (χ4n) is 2.27. The van der Waals surface area contributed by atoms with Gasteiger partial charge in [0.15, 0.2) is 0 Å². The molecule has 0 aromatic heterocycles. The Bertz CT molecular complexity index is 505. The average molecular weight is 268 g/mol. The summed E-state index contributed by atoms with van der Waals surface area (Å²) in [6, 6.07) is 19.6. The van der Waals surface area contributed by atoms with E-state index in [0.717, 1.165) is 6.54 Å². The molecule has 2 nitrogen and oxygen atoms in total. The zero-order valence-corrected chi connectivity index (χ0v) is 12.6. The number of rotatable bonds is 6. The number of nitrogens with one attached hydrogen (secondary N) is 1. The van der Waals surface area contributed by atoms with Gasteiger partial charge in [0.25, 0.3) is 0 Å². The molecule has 0 aliphatic heterocycles. The molecule has 0 radical (unpaired) electrons. The first-order valence-corrected chi connectivity index (χ1v) is 7.34. The Labute approximate surface area is 122 Å². The van der Waals surface area contributed by atoms with E-state index in [4.69, 9.17) is 0 Å². The van der Waals surface area contributed by atoms with Crippen LogP contribution in [0.1, 0.15) is 31.9 Å². The first kappa shape index (κ1) is 14.6. The number of para-hydroxylation sites is 1. The SMILES string of the molecule is CCCNC(C)c1ccc(N(C)c2ccccc2)cc1. The van der Waals surface area contributed by atoms with Crippen molar-refractivity contribution in [3.05, 3.63) is 60.2 Å². The maximum absolute atomic E-state index is 3.52. The largest absolute Gasteiger partial charge is 0.345 e. The quantitative estimate of drug-likeness (QED) is 0.829. The van der Waals surface area contributed by atoms with E-state index in [0.29, 0.717) is 6.04 Å². The summed E-state index contributed by atoms with van der Waals surface area (Å²) in [4.78, 5) is 2.20. The molecular formula is C18H24N2. The van der Waals surface area contributed by atoms with E-state index in [1.54, 1.807) is 0 Å². The van der Waals surface area contributed by atoms with Crippen molar-refractivity contribution in [2.24, 2.45) is 0 Å². The Kier molecular flexibility index (Phi) is 5.19. The summed E-state index contributed by atoms with van der Waals surface area (Å²) < 4.78 is 0. The van der Waals surface area contributed by atoms with Gasteiger partial charge in [-0.2, -0.15) is 0 Å². The molecule has 0 saturated heterocycles. The highest BCUT2D eigenvalue weighted by molar-refractivity contribution is 5.62. The van der Waals surface area contributed by atoms with Crippen molar-refractivity contribution < 1.29 is 0 Å². The lowest BCUT2D eigenvalue weighted by Crippen LogP contribution is -2.19. The molecule has 0 aliphatic rings. The maximum atomic E-state index is 3.52. The van der Waals surface area contributed by atoms with Crippen LogP contribution in [0, 0.1) is 0 Å². The van der Waals surface area contributed by atoms with Crippen molar-refractivity contribution >= 4 is 11.4 Å². The summed E-state index contributed by atoms with van der Waals surface area (Å²) >= 11 is 0. The Morgan fingerprint density at radius 3 is 2.15 bits per heavy atom. The van der Waals surface area contributed by atoms with E-state index in [-0.39, 0.29) is 0 Å². The number of nitrogens with zero attached hydrogens (tertiary/aromatic N) is 1. The zero-order valence-electron chi connectivity index (χ0n) is 12.6. The second-order valence-corrected chi connectivity index (χ2v) is 5.16. The minimum atomic E-state index is 0.408. The fourth-order valence-corrected chi connectivity index (χ4v) is 2.27. The number of anilines is 2. The molecule has 1 unspecified atom stereocenters. The topological polar surface area (TPSA) is 15.3 Å². The van der Waals surface area contributed by atoms with Gasteiger partial charge in [0.1, 0.15) is 0 Å². The monoisotopic (exact) mass is 268 g/mol. The van der Waals surface area contributed by atoms with E-state index in [2.05, 4.69) is 79.6 Å². The molecule has 0 heterocycles. The summed E-state index contributed by atoms with van der Waals surface area (Å²) in [5.74, 6) is 0. The minimum Gasteiger partial charge on any atom is -0.345 e. The molecule has 2 aromatic carbocycles. The fraction of sp³-hybridized carbons (Fsp3) is 0.333. The molecule has 0 spiro atoms. The Morgan fingerprint density at radius 2 is 1.55 bits per heavy atom. The van der Waals surface area contributed by atoms with Gasteiger partial charge in [-0.3, -0.25) is 0 Å². The van der Waals surface area contributed by atoms with E-state index in [1.165, 1.54) is 23.4 Å². The minimum absolute atomic E-state index is 0.408. The van der Waals surface area contributed by atoms with Gasteiger partial charge in [0, 0.05) is 24.5 Å². The molecule has 2 heteroatoms. The van der Waals surface area contributed by atoms with Crippen molar-refractivity contribution in [2.45, 2.75) is 26.3 Å². The second-order valence-electron chi connectivity index (χ2n) is 5.16. The van der Waals surface area contributed by atoms with Crippen LogP contribution in [0.3, 0.4) is 0 Å². The molecule has 20 heavy (non-hydrogen) atoms. The highest BCUT2D eigenvalue weighted by Gasteiger charge is 2.06. The van der Waals surface area contributed by atoms with Crippen LogP contribution in [-0.4, -0.2) is 13.6 Å². The lowest BCUT2D eigenvalue weighted by atomic mass is 10.1. The number of hydrogen-bond acceptors (Lipinski definition) is 2. The smallest absolute Gasteiger partial charge is 0.0408 e. The van der Waals surface area contributed by atoms with Gasteiger partial charge in [0.05, 0.1) is 0 Å².